The van der Waals surface area contributed by atoms with Gasteiger partial charge in [0.1, 0.15) is 5.82 Å². The summed E-state index contributed by atoms with van der Waals surface area (Å²) in [5.41, 5.74) is 0. The van der Waals surface area contributed by atoms with E-state index in [2.05, 4.69) is 4.98 Å². The Hall–Kier alpha value is -1.54. The monoisotopic (exact) mass is 274 g/mol. The third kappa shape index (κ3) is 3.23. The number of carbonyl (C=O) groups excluding carboxylic acids is 1. The molecule has 102 valence electrons. The number of Topliss-reactive ketones (excluding diaryl/α,β-unsaturated/α-hetero) is 1. The average molecular weight is 274 g/mol. The quantitative estimate of drug-likeness (QED) is 0.792. The molecule has 1 aromatic heterocycles. The Kier molecular flexibility index (Phi) is 3.72. The lowest BCUT2D eigenvalue weighted by molar-refractivity contribution is -0.273. The van der Waals surface area contributed by atoms with Crippen molar-refractivity contribution in [3.05, 3.63) is 18.2 Å². The molecule has 0 bridgehead atoms. The molecular weight excluding hydrogens is 266 g/mol. The van der Waals surface area contributed by atoms with E-state index in [0.717, 1.165) is 0 Å². The number of nitrogens with zero attached hydrogens (tertiary/aromatic N) is 2. The minimum Gasteiger partial charge on any atom is -0.338 e. The van der Waals surface area contributed by atoms with Crippen molar-refractivity contribution in [2.45, 2.75) is 18.8 Å². The number of imidazole rings is 1. The molecule has 0 aliphatic heterocycles. The summed E-state index contributed by atoms with van der Waals surface area (Å²) in [6.45, 7) is 0. The van der Waals surface area contributed by atoms with Crippen molar-refractivity contribution in [2.24, 2.45) is 13.0 Å². The van der Waals surface area contributed by atoms with E-state index in [-0.39, 0.29) is 5.82 Å². The summed E-state index contributed by atoms with van der Waals surface area (Å²) in [4.78, 5) is 14.7. The Morgan fingerprint density at radius 2 is 1.78 bits per heavy atom. The van der Waals surface area contributed by atoms with E-state index < -0.39 is 30.5 Å². The number of ketones is 1. The zero-order valence-corrected chi connectivity index (χ0v) is 9.01. The summed E-state index contributed by atoms with van der Waals surface area (Å²) in [7, 11) is 1.37. The lowest BCUT2D eigenvalue weighted by Crippen LogP contribution is -2.43. The lowest BCUT2D eigenvalue weighted by Gasteiger charge is -2.21. The first-order valence-electron chi connectivity index (χ1n) is 4.66. The fourth-order valence-electron chi connectivity index (χ4n) is 1.38. The SMILES string of the molecule is Cn1ccnc1CC(=O)C(C(F)(F)F)C(F)(F)F. The van der Waals surface area contributed by atoms with Crippen LogP contribution in [0.2, 0.25) is 0 Å². The molecule has 0 fully saturated rings. The Morgan fingerprint density at radius 1 is 1.28 bits per heavy atom. The Balaban J connectivity index is 2.95. The molecule has 0 N–H and O–H groups in total. The molecule has 0 spiro atoms. The zero-order valence-electron chi connectivity index (χ0n) is 9.01. The van der Waals surface area contributed by atoms with Crippen LogP contribution in [-0.4, -0.2) is 27.7 Å². The number of hydrogen-bond acceptors (Lipinski definition) is 2. The highest BCUT2D eigenvalue weighted by molar-refractivity contribution is 5.84. The van der Waals surface area contributed by atoms with Crippen LogP contribution in [0, 0.1) is 5.92 Å². The number of rotatable bonds is 3. The van der Waals surface area contributed by atoms with E-state index in [1.165, 1.54) is 24.0 Å². The molecule has 0 aliphatic rings. The van der Waals surface area contributed by atoms with Crippen LogP contribution in [0.3, 0.4) is 0 Å². The largest absolute Gasteiger partial charge is 0.407 e. The van der Waals surface area contributed by atoms with Gasteiger partial charge in [0.05, 0.1) is 6.42 Å². The highest BCUT2D eigenvalue weighted by atomic mass is 19.4. The van der Waals surface area contributed by atoms with Crippen molar-refractivity contribution < 1.29 is 31.1 Å². The maximum absolute atomic E-state index is 12.2. The normalized spacial score (nSPS) is 13.1. The summed E-state index contributed by atoms with van der Waals surface area (Å²) in [6, 6.07) is 0. The van der Waals surface area contributed by atoms with Gasteiger partial charge in [0.15, 0.2) is 5.78 Å². The predicted molar refractivity (Wildman–Crippen MR) is 47.5 cm³/mol. The third-order valence-corrected chi connectivity index (χ3v) is 2.23. The summed E-state index contributed by atoms with van der Waals surface area (Å²) in [5.74, 6) is -6.09. The van der Waals surface area contributed by atoms with Crippen LogP contribution in [0.4, 0.5) is 26.3 Å². The van der Waals surface area contributed by atoms with Crippen molar-refractivity contribution in [3.63, 3.8) is 0 Å². The second-order valence-corrected chi connectivity index (χ2v) is 3.61. The van der Waals surface area contributed by atoms with Gasteiger partial charge >= 0.3 is 12.4 Å². The standard InChI is InChI=1S/C9H8F6N2O/c1-17-3-2-16-6(17)4-5(18)7(8(10,11)12)9(13,14)15/h2-3,7H,4H2,1H3. The number of carbonyl (C=O) groups is 1. The van der Waals surface area contributed by atoms with E-state index in [9.17, 15) is 31.1 Å². The van der Waals surface area contributed by atoms with Crippen LogP contribution in [0.1, 0.15) is 5.82 Å². The molecule has 0 radical (unpaired) electrons. The van der Waals surface area contributed by atoms with E-state index in [1.54, 1.807) is 0 Å². The van der Waals surface area contributed by atoms with Gasteiger partial charge in [-0.25, -0.2) is 4.98 Å². The van der Waals surface area contributed by atoms with Crippen molar-refractivity contribution in [3.8, 4) is 0 Å². The number of alkyl halides is 6. The highest BCUT2D eigenvalue weighted by Gasteiger charge is 2.60. The maximum atomic E-state index is 12.2. The van der Waals surface area contributed by atoms with Crippen molar-refractivity contribution in [2.75, 3.05) is 0 Å². The minimum atomic E-state index is -5.65. The molecule has 1 heterocycles. The molecule has 0 aliphatic carbocycles. The summed E-state index contributed by atoms with van der Waals surface area (Å²) in [6.07, 6.45) is -9.83. The van der Waals surface area contributed by atoms with Gasteiger partial charge in [-0.2, -0.15) is 26.3 Å². The van der Waals surface area contributed by atoms with Gasteiger partial charge in [-0.3, -0.25) is 4.79 Å². The number of aryl methyl sites for hydroxylation is 1. The van der Waals surface area contributed by atoms with E-state index in [1.807, 2.05) is 0 Å². The summed E-state index contributed by atoms with van der Waals surface area (Å²) < 4.78 is 74.5. The summed E-state index contributed by atoms with van der Waals surface area (Å²) >= 11 is 0. The Labute approximate surface area is 97.4 Å². The third-order valence-electron chi connectivity index (χ3n) is 2.23. The maximum Gasteiger partial charge on any atom is 0.407 e. The fraction of sp³-hybridized carbons (Fsp3) is 0.556. The number of aromatic nitrogens is 2. The van der Waals surface area contributed by atoms with Gasteiger partial charge in [-0.1, -0.05) is 0 Å². The van der Waals surface area contributed by atoms with Gasteiger partial charge in [-0.05, 0) is 0 Å². The molecule has 0 aromatic carbocycles. The van der Waals surface area contributed by atoms with Crippen LogP contribution >= 0.6 is 0 Å². The molecule has 0 atom stereocenters. The molecule has 1 aromatic rings. The van der Waals surface area contributed by atoms with Gasteiger partial charge in [0.25, 0.3) is 0 Å². The molecule has 0 amide bonds. The van der Waals surface area contributed by atoms with E-state index >= 15 is 0 Å². The van der Waals surface area contributed by atoms with Gasteiger partial charge in [-0.15, -0.1) is 0 Å². The molecular formula is C9H8F6N2O. The van der Waals surface area contributed by atoms with Gasteiger partial charge in [0, 0.05) is 19.4 Å². The van der Waals surface area contributed by atoms with Crippen LogP contribution in [-0.2, 0) is 18.3 Å². The predicted octanol–water partition coefficient (Wildman–Crippen LogP) is 2.27. The Bertz CT molecular complexity index is 419. The first kappa shape index (κ1) is 14.5. The topological polar surface area (TPSA) is 34.9 Å². The fourth-order valence-corrected chi connectivity index (χ4v) is 1.38. The van der Waals surface area contributed by atoms with Gasteiger partial charge in [0.2, 0.25) is 5.92 Å². The van der Waals surface area contributed by atoms with Crippen molar-refractivity contribution >= 4 is 5.78 Å². The lowest BCUT2D eigenvalue weighted by atomic mass is 10.00. The van der Waals surface area contributed by atoms with Crippen LogP contribution in [0.5, 0.6) is 0 Å². The summed E-state index contributed by atoms with van der Waals surface area (Å²) in [5, 5.41) is 0. The van der Waals surface area contributed by atoms with Crippen molar-refractivity contribution in [1.82, 2.24) is 9.55 Å². The van der Waals surface area contributed by atoms with E-state index in [0.29, 0.717) is 0 Å². The minimum absolute atomic E-state index is 0.154. The van der Waals surface area contributed by atoms with Crippen LogP contribution < -0.4 is 0 Å². The molecule has 18 heavy (non-hydrogen) atoms. The second kappa shape index (κ2) is 4.62. The zero-order chi connectivity index (χ0) is 14.1. The van der Waals surface area contributed by atoms with Crippen LogP contribution in [0.15, 0.2) is 12.4 Å². The molecule has 1 rings (SSSR count). The first-order chi connectivity index (χ1) is 8.03. The van der Waals surface area contributed by atoms with E-state index in [4.69, 9.17) is 0 Å². The average Bonchev–Trinajstić information content (AvgIpc) is 2.45. The smallest absolute Gasteiger partial charge is 0.338 e. The highest BCUT2D eigenvalue weighted by Crippen LogP contribution is 2.40. The van der Waals surface area contributed by atoms with Gasteiger partial charge < -0.3 is 4.57 Å². The molecule has 9 heteroatoms. The first-order valence-corrected chi connectivity index (χ1v) is 4.66. The molecule has 0 saturated carbocycles. The second-order valence-electron chi connectivity index (χ2n) is 3.61. The van der Waals surface area contributed by atoms with Crippen molar-refractivity contribution in [1.29, 1.82) is 0 Å². The number of hydrogen-bond donors (Lipinski definition) is 0. The number of halogens is 6. The molecule has 0 saturated heterocycles. The Morgan fingerprint density at radius 3 is 2.11 bits per heavy atom. The van der Waals surface area contributed by atoms with Crippen LogP contribution in [0.25, 0.3) is 0 Å². The molecule has 0 unspecified atom stereocenters. The molecule has 3 nitrogen and oxygen atoms in total.